The van der Waals surface area contributed by atoms with Gasteiger partial charge in [-0.15, -0.1) is 15.3 Å². The van der Waals surface area contributed by atoms with Crippen molar-refractivity contribution in [3.8, 4) is 17.2 Å². The van der Waals surface area contributed by atoms with Crippen molar-refractivity contribution in [3.63, 3.8) is 0 Å². The van der Waals surface area contributed by atoms with Crippen LogP contribution in [0, 0.1) is 0 Å². The molecule has 0 spiro atoms. The average molecular weight is 757 g/mol. The maximum Gasteiger partial charge on any atom is 1.00 e. The molecule has 0 aromatic heterocycles. The predicted molar refractivity (Wildman–Crippen MR) is 161 cm³/mol. The Morgan fingerprint density at radius 3 is 2.08 bits per heavy atom. The molecule has 0 fully saturated rings. The van der Waals surface area contributed by atoms with Crippen LogP contribution in [0.15, 0.2) is 121 Å². The van der Waals surface area contributed by atoms with Gasteiger partial charge in [0.05, 0.1) is 41.8 Å². The Balaban J connectivity index is 0.00000267. The van der Waals surface area contributed by atoms with Crippen LogP contribution in [0.25, 0.3) is 10.8 Å². The summed E-state index contributed by atoms with van der Waals surface area (Å²) >= 11 is 1.27. The zero-order valence-electron chi connectivity index (χ0n) is 25.3. The molecule has 0 saturated carbocycles. The maximum absolute atomic E-state index is 11.1. The first kappa shape index (κ1) is 41.9. The number of anilines is 2. The van der Waals surface area contributed by atoms with Crippen LogP contribution in [0.1, 0.15) is 0 Å². The quantitative estimate of drug-likeness (QED) is 0.0514. The average Bonchev–Trinajstić information content (AvgIpc) is 3.06. The summed E-state index contributed by atoms with van der Waals surface area (Å²) in [7, 11) is 1.40. The number of ether oxygens (including phenoxy) is 1. The van der Waals surface area contributed by atoms with Gasteiger partial charge in [-0.25, -0.2) is 0 Å². The SMILES string of the molecule is COc1cc(N=Nc2c(SOO[O-])cc3cc(Nc4ccccc4)ccc3c2O)c(O)cc1N=Nc1ccc(SOO[O-])cc1.[Cu].[Na+].[Na+]. The minimum Gasteiger partial charge on any atom is -0.691 e. The summed E-state index contributed by atoms with van der Waals surface area (Å²) in [5.74, 6) is -0.328. The normalized spacial score (nSPS) is 10.8. The van der Waals surface area contributed by atoms with E-state index in [1.165, 1.54) is 19.2 Å². The van der Waals surface area contributed by atoms with Crippen LogP contribution in [-0.2, 0) is 35.8 Å². The Morgan fingerprint density at radius 1 is 0.708 bits per heavy atom. The van der Waals surface area contributed by atoms with Crippen LogP contribution in [0.5, 0.6) is 17.2 Å². The van der Waals surface area contributed by atoms with Gasteiger partial charge in [0, 0.05) is 50.9 Å². The molecule has 0 heterocycles. The molecular weight excluding hydrogens is 736 g/mol. The third-order valence-electron chi connectivity index (χ3n) is 6.07. The molecule has 0 aliphatic rings. The van der Waals surface area contributed by atoms with Gasteiger partial charge >= 0.3 is 59.1 Å². The molecule has 48 heavy (non-hydrogen) atoms. The molecule has 19 heteroatoms. The van der Waals surface area contributed by atoms with Crippen molar-refractivity contribution < 1.29 is 120 Å². The summed E-state index contributed by atoms with van der Waals surface area (Å²) < 4.78 is 14.2. The number of hydrogen-bond donors (Lipinski definition) is 3. The Kier molecular flexibility index (Phi) is 18.4. The summed E-state index contributed by atoms with van der Waals surface area (Å²) in [6.07, 6.45) is 0. The Labute approximate surface area is 337 Å². The number of phenolic OH excluding ortho intramolecular Hbond substituents is 2. The van der Waals surface area contributed by atoms with Crippen molar-refractivity contribution in [1.82, 2.24) is 0 Å². The molecule has 0 bridgehead atoms. The fourth-order valence-corrected chi connectivity index (χ4v) is 4.88. The molecule has 0 atom stereocenters. The smallest absolute Gasteiger partial charge is 0.691 e. The number of nitrogens with one attached hydrogen (secondary N) is 1. The summed E-state index contributed by atoms with van der Waals surface area (Å²) in [6, 6.07) is 25.7. The van der Waals surface area contributed by atoms with E-state index in [1.807, 2.05) is 30.3 Å². The van der Waals surface area contributed by atoms with Gasteiger partial charge in [-0.1, -0.05) is 18.2 Å². The molecule has 0 aliphatic heterocycles. The first-order chi connectivity index (χ1) is 22.0. The van der Waals surface area contributed by atoms with Gasteiger partial charge in [-0.3, -0.25) is 10.1 Å². The first-order valence-corrected chi connectivity index (χ1v) is 14.2. The number of nitrogens with zero attached hydrogens (tertiary/aromatic N) is 4. The summed E-state index contributed by atoms with van der Waals surface area (Å²) in [4.78, 5) is 0.815. The molecule has 0 saturated heterocycles. The van der Waals surface area contributed by atoms with E-state index in [0.717, 1.165) is 23.4 Å². The molecule has 0 amide bonds. The van der Waals surface area contributed by atoms with Gasteiger partial charge in [0.25, 0.3) is 0 Å². The molecule has 0 aliphatic carbocycles. The van der Waals surface area contributed by atoms with E-state index in [9.17, 15) is 20.7 Å². The third kappa shape index (κ3) is 11.1. The second-order valence-electron chi connectivity index (χ2n) is 8.84. The molecule has 5 aromatic carbocycles. The van der Waals surface area contributed by atoms with E-state index in [-0.39, 0.29) is 115 Å². The Hall–Kier alpha value is -2.26. The molecule has 1 radical (unpaired) electrons. The fraction of sp³-hybridized carbons (Fsp3) is 0.0345. The number of fused-ring (bicyclic) bond motifs is 1. The van der Waals surface area contributed by atoms with Gasteiger partial charge in [0.15, 0.2) is 5.75 Å². The second-order valence-corrected chi connectivity index (χ2v) is 10.4. The number of phenols is 2. The third-order valence-corrected chi connectivity index (χ3v) is 7.27. The Morgan fingerprint density at radius 2 is 1.40 bits per heavy atom. The van der Waals surface area contributed by atoms with Crippen molar-refractivity contribution in [1.29, 1.82) is 0 Å². The van der Waals surface area contributed by atoms with Crippen molar-refractivity contribution >= 4 is 69.0 Å². The van der Waals surface area contributed by atoms with Crippen molar-refractivity contribution in [3.05, 3.63) is 91.0 Å². The number of para-hydroxylation sites is 1. The van der Waals surface area contributed by atoms with E-state index in [1.54, 1.807) is 48.5 Å². The van der Waals surface area contributed by atoms with E-state index >= 15 is 0 Å². The van der Waals surface area contributed by atoms with Crippen LogP contribution in [0.4, 0.5) is 34.1 Å². The van der Waals surface area contributed by atoms with Gasteiger partial charge in [0.1, 0.15) is 28.6 Å². The summed E-state index contributed by atoms with van der Waals surface area (Å²) in [5.41, 5.74) is 2.25. The largest absolute Gasteiger partial charge is 1.00 e. The van der Waals surface area contributed by atoms with E-state index in [4.69, 9.17) is 4.74 Å². The summed E-state index contributed by atoms with van der Waals surface area (Å²) in [5, 5.41) is 70.1. The van der Waals surface area contributed by atoms with E-state index in [0.29, 0.717) is 33.4 Å². The van der Waals surface area contributed by atoms with E-state index in [2.05, 4.69) is 44.5 Å². The number of benzene rings is 5. The fourth-order valence-electron chi connectivity index (χ4n) is 4.03. The predicted octanol–water partition coefficient (Wildman–Crippen LogP) is 1.30. The van der Waals surface area contributed by atoms with Crippen LogP contribution < -0.4 is 79.7 Å². The molecule has 5 aromatic rings. The second kappa shape index (κ2) is 21.1. The summed E-state index contributed by atoms with van der Waals surface area (Å²) in [6.45, 7) is 0. The monoisotopic (exact) mass is 756 g/mol. The Bertz CT molecular complexity index is 1850. The van der Waals surface area contributed by atoms with Crippen LogP contribution in [-0.4, -0.2) is 17.3 Å². The standard InChI is InChI=1S/C29H23N5O9S2.Cu.2Na/c1-39-26-16-23(25(35)15-24(26)33-31-19-7-10-21(11-8-19)44-42-40-37)32-34-28-27(45-43-41-38)14-17-13-20(9-12-22(17)29(28)36)30-18-5-3-2-4-6-18;;;/h2-16,30,35-38H,1H3;;;/q;;2*+1/p-2. The minimum atomic E-state index is -0.305. The van der Waals surface area contributed by atoms with Gasteiger partial charge in [0.2, 0.25) is 0 Å². The van der Waals surface area contributed by atoms with Gasteiger partial charge in [-0.05, 0) is 66.0 Å². The van der Waals surface area contributed by atoms with Crippen LogP contribution in [0.3, 0.4) is 0 Å². The van der Waals surface area contributed by atoms with Crippen molar-refractivity contribution in [2.24, 2.45) is 20.5 Å². The molecule has 14 nitrogen and oxygen atoms in total. The topological polar surface area (TPSA) is 194 Å². The molecule has 0 unspecified atom stereocenters. The van der Waals surface area contributed by atoms with Crippen LogP contribution in [0.2, 0.25) is 0 Å². The number of rotatable bonds is 13. The number of methoxy groups -OCH3 is 1. The molecule has 3 N–H and O–H groups in total. The molecule has 241 valence electrons. The minimum absolute atomic E-state index is 0. The number of azo groups is 2. The van der Waals surface area contributed by atoms with Crippen molar-refractivity contribution in [2.45, 2.75) is 9.79 Å². The van der Waals surface area contributed by atoms with E-state index < -0.39 is 0 Å². The van der Waals surface area contributed by atoms with Crippen molar-refractivity contribution in [2.75, 3.05) is 12.4 Å². The van der Waals surface area contributed by atoms with Gasteiger partial charge < -0.3 is 30.8 Å². The zero-order chi connectivity index (χ0) is 31.6. The van der Waals surface area contributed by atoms with Gasteiger partial charge in [-0.2, -0.15) is 13.8 Å². The number of aromatic hydroxyl groups is 2. The molecule has 5 rings (SSSR count). The van der Waals surface area contributed by atoms with Crippen LogP contribution >= 0.6 is 24.1 Å². The maximum atomic E-state index is 11.1. The zero-order valence-corrected chi connectivity index (χ0v) is 31.9. The number of hydrogen-bond acceptors (Lipinski definition) is 16. The molecular formula is C29H21CuN5Na2O9S2. The first-order valence-electron chi connectivity index (χ1n) is 12.7.